The van der Waals surface area contributed by atoms with Crippen molar-refractivity contribution in [1.82, 2.24) is 29.6 Å². The van der Waals surface area contributed by atoms with Crippen molar-refractivity contribution < 1.29 is 4.92 Å². The molecule has 168 valence electrons. The molecule has 2 N–H and O–H groups in total. The highest BCUT2D eigenvalue weighted by Crippen LogP contribution is 2.29. The van der Waals surface area contributed by atoms with Gasteiger partial charge >= 0.3 is 5.69 Å². The maximum absolute atomic E-state index is 11.5. The lowest BCUT2D eigenvalue weighted by atomic mass is 10.1. The Hall–Kier alpha value is -4.12. The first kappa shape index (κ1) is 20.8. The van der Waals surface area contributed by atoms with Crippen LogP contribution >= 0.6 is 0 Å². The molecule has 0 bridgehead atoms. The summed E-state index contributed by atoms with van der Waals surface area (Å²) in [6, 6.07) is 7.89. The molecule has 33 heavy (non-hydrogen) atoms. The molecule has 0 amide bonds. The molecule has 0 atom stereocenters. The molecule has 0 saturated carbocycles. The molecule has 1 saturated heterocycles. The third-order valence-electron chi connectivity index (χ3n) is 5.79. The quantitative estimate of drug-likeness (QED) is 0.336. The summed E-state index contributed by atoms with van der Waals surface area (Å²) in [4.78, 5) is 25.9. The minimum Gasteiger partial charge on any atom is -0.334 e. The molecule has 1 aromatic carbocycles. The highest BCUT2D eigenvalue weighted by molar-refractivity contribution is 5.86. The monoisotopic (exact) mass is 445 g/mol. The summed E-state index contributed by atoms with van der Waals surface area (Å²) in [5.74, 6) is 0.344. The number of fused-ring (bicyclic) bond motifs is 1. The first-order valence-electron chi connectivity index (χ1n) is 10.7. The molecule has 1 fully saturated rings. The van der Waals surface area contributed by atoms with Gasteiger partial charge in [0, 0.05) is 29.7 Å². The second-order valence-electron chi connectivity index (χ2n) is 8.12. The Morgan fingerprint density at radius 3 is 2.73 bits per heavy atom. The standard InChI is InChI=1S/C22H23N9O2/c1-29-8-5-19(6-9-29)30-14-18(12-25-30)27-22-24-13-20(31(32)33)21(28-22)26-17-3-2-15-4-7-23-11-16(15)10-17/h2-4,7,10-14,19H,5-6,8-9H2,1H3,(H2,24,26,27,28). The van der Waals surface area contributed by atoms with Crippen LogP contribution in [0.1, 0.15) is 18.9 Å². The lowest BCUT2D eigenvalue weighted by molar-refractivity contribution is -0.384. The lowest BCUT2D eigenvalue weighted by Gasteiger charge is -2.28. The molecule has 0 unspecified atom stereocenters. The fourth-order valence-electron chi connectivity index (χ4n) is 3.95. The van der Waals surface area contributed by atoms with E-state index in [0.717, 1.165) is 42.4 Å². The molecular weight excluding hydrogens is 422 g/mol. The third-order valence-corrected chi connectivity index (χ3v) is 5.79. The number of likely N-dealkylation sites (tertiary alicyclic amines) is 1. The van der Waals surface area contributed by atoms with Crippen LogP contribution in [-0.4, -0.2) is 54.7 Å². The average Bonchev–Trinajstić information content (AvgIpc) is 3.28. The third kappa shape index (κ3) is 4.58. The SMILES string of the molecule is CN1CCC(n2cc(Nc3ncc([N+](=O)[O-])c(Nc4ccc5ccncc5c4)n3)cn2)CC1. The minimum atomic E-state index is -0.507. The summed E-state index contributed by atoms with van der Waals surface area (Å²) in [5.41, 5.74) is 1.18. The van der Waals surface area contributed by atoms with Crippen LogP contribution in [0, 0.1) is 10.1 Å². The van der Waals surface area contributed by atoms with Crippen LogP contribution in [0.4, 0.5) is 28.8 Å². The van der Waals surface area contributed by atoms with Gasteiger partial charge in [-0.3, -0.25) is 19.8 Å². The van der Waals surface area contributed by atoms with E-state index in [1.165, 1.54) is 6.20 Å². The maximum Gasteiger partial charge on any atom is 0.329 e. The van der Waals surface area contributed by atoms with Crippen LogP contribution in [0.2, 0.25) is 0 Å². The van der Waals surface area contributed by atoms with Crippen molar-refractivity contribution in [2.45, 2.75) is 18.9 Å². The molecule has 1 aliphatic heterocycles. The van der Waals surface area contributed by atoms with E-state index >= 15 is 0 Å². The van der Waals surface area contributed by atoms with Crippen molar-refractivity contribution in [3.05, 3.63) is 65.4 Å². The first-order chi connectivity index (χ1) is 16.0. The minimum absolute atomic E-state index is 0.100. The number of benzene rings is 1. The first-order valence-corrected chi connectivity index (χ1v) is 10.7. The molecule has 4 heterocycles. The number of anilines is 4. The van der Waals surface area contributed by atoms with Crippen molar-refractivity contribution >= 4 is 39.6 Å². The Labute approximate surface area is 189 Å². The number of nitro groups is 1. The summed E-state index contributed by atoms with van der Waals surface area (Å²) in [6.07, 6.45) is 10.4. The number of aromatic nitrogens is 5. The number of hydrogen-bond acceptors (Lipinski definition) is 9. The normalized spacial score (nSPS) is 14.9. The maximum atomic E-state index is 11.5. The van der Waals surface area contributed by atoms with Crippen LogP contribution in [0.5, 0.6) is 0 Å². The highest BCUT2D eigenvalue weighted by Gasteiger charge is 2.20. The number of nitrogens with zero attached hydrogens (tertiary/aromatic N) is 7. The van der Waals surface area contributed by atoms with Crippen molar-refractivity contribution in [1.29, 1.82) is 0 Å². The van der Waals surface area contributed by atoms with E-state index in [1.807, 2.05) is 35.1 Å². The fraction of sp³-hybridized carbons (Fsp3) is 0.273. The summed E-state index contributed by atoms with van der Waals surface area (Å²) < 4.78 is 1.96. The molecule has 0 spiro atoms. The Balaban J connectivity index is 1.37. The largest absolute Gasteiger partial charge is 0.334 e. The topological polar surface area (TPSA) is 127 Å². The Morgan fingerprint density at radius 1 is 1.06 bits per heavy atom. The Kier molecular flexibility index (Phi) is 5.53. The van der Waals surface area contributed by atoms with E-state index in [-0.39, 0.29) is 17.5 Å². The number of pyridine rings is 1. The predicted molar refractivity (Wildman–Crippen MR) is 125 cm³/mol. The average molecular weight is 445 g/mol. The van der Waals surface area contributed by atoms with Crippen LogP contribution < -0.4 is 10.6 Å². The fourth-order valence-corrected chi connectivity index (χ4v) is 3.95. The number of hydrogen-bond donors (Lipinski definition) is 2. The summed E-state index contributed by atoms with van der Waals surface area (Å²) >= 11 is 0. The van der Waals surface area contributed by atoms with Crippen molar-refractivity contribution in [3.63, 3.8) is 0 Å². The predicted octanol–water partition coefficient (Wildman–Crippen LogP) is 3.88. The van der Waals surface area contributed by atoms with Crippen LogP contribution in [0.15, 0.2) is 55.2 Å². The molecule has 1 aliphatic rings. The zero-order valence-corrected chi connectivity index (χ0v) is 18.0. The smallest absolute Gasteiger partial charge is 0.329 e. The number of nitrogens with one attached hydrogen (secondary N) is 2. The van der Waals surface area contributed by atoms with Crippen LogP contribution in [-0.2, 0) is 0 Å². The molecule has 4 aromatic rings. The van der Waals surface area contributed by atoms with Gasteiger partial charge in [-0.05, 0) is 56.6 Å². The van der Waals surface area contributed by atoms with Gasteiger partial charge in [0.2, 0.25) is 11.8 Å². The van der Waals surface area contributed by atoms with Gasteiger partial charge in [0.05, 0.1) is 22.8 Å². The number of piperidine rings is 1. The van der Waals surface area contributed by atoms with Gasteiger partial charge in [-0.1, -0.05) is 6.07 Å². The molecule has 5 rings (SSSR count). The van der Waals surface area contributed by atoms with Crippen LogP contribution in [0.25, 0.3) is 10.8 Å². The molecule has 3 aromatic heterocycles. The Morgan fingerprint density at radius 2 is 1.91 bits per heavy atom. The highest BCUT2D eigenvalue weighted by atomic mass is 16.6. The molecule has 11 heteroatoms. The van der Waals surface area contributed by atoms with E-state index in [9.17, 15) is 10.1 Å². The lowest BCUT2D eigenvalue weighted by Crippen LogP contribution is -2.31. The molecule has 0 aliphatic carbocycles. The van der Waals surface area contributed by atoms with Crippen molar-refractivity contribution in [3.8, 4) is 0 Å². The van der Waals surface area contributed by atoms with E-state index in [1.54, 1.807) is 18.6 Å². The van der Waals surface area contributed by atoms with E-state index < -0.39 is 4.92 Å². The van der Waals surface area contributed by atoms with Crippen molar-refractivity contribution in [2.75, 3.05) is 30.8 Å². The van der Waals surface area contributed by atoms with E-state index in [0.29, 0.717) is 11.7 Å². The van der Waals surface area contributed by atoms with Gasteiger partial charge in [0.15, 0.2) is 0 Å². The molecular formula is C22H23N9O2. The van der Waals surface area contributed by atoms with Gasteiger partial charge in [-0.15, -0.1) is 0 Å². The zero-order valence-electron chi connectivity index (χ0n) is 18.0. The van der Waals surface area contributed by atoms with E-state index in [4.69, 9.17) is 0 Å². The summed E-state index contributed by atoms with van der Waals surface area (Å²) in [5, 5.41) is 24.1. The van der Waals surface area contributed by atoms with Crippen molar-refractivity contribution in [2.24, 2.45) is 0 Å². The van der Waals surface area contributed by atoms with Gasteiger partial charge < -0.3 is 15.5 Å². The summed E-state index contributed by atoms with van der Waals surface area (Å²) in [7, 11) is 2.12. The second kappa shape index (κ2) is 8.79. The number of rotatable bonds is 6. The van der Waals surface area contributed by atoms with E-state index in [2.05, 4.69) is 42.6 Å². The summed E-state index contributed by atoms with van der Waals surface area (Å²) in [6.45, 7) is 2.08. The molecule has 0 radical (unpaired) electrons. The Bertz CT molecular complexity index is 1300. The van der Waals surface area contributed by atoms with Gasteiger partial charge in [-0.2, -0.15) is 10.1 Å². The van der Waals surface area contributed by atoms with Gasteiger partial charge in [0.1, 0.15) is 6.20 Å². The van der Waals surface area contributed by atoms with Gasteiger partial charge in [-0.25, -0.2) is 4.98 Å². The van der Waals surface area contributed by atoms with Crippen LogP contribution in [0.3, 0.4) is 0 Å². The zero-order chi connectivity index (χ0) is 22.8. The molecule has 11 nitrogen and oxygen atoms in total. The second-order valence-corrected chi connectivity index (χ2v) is 8.12. The van der Waals surface area contributed by atoms with Gasteiger partial charge in [0.25, 0.3) is 0 Å².